The minimum absolute atomic E-state index is 0.507. The van der Waals surface area contributed by atoms with E-state index in [0.717, 1.165) is 0 Å². The lowest BCUT2D eigenvalue weighted by atomic mass is 10.6. The van der Waals surface area contributed by atoms with Crippen LogP contribution in [0, 0.1) is 0 Å². The lowest BCUT2D eigenvalue weighted by molar-refractivity contribution is 0.684. The van der Waals surface area contributed by atoms with Gasteiger partial charge in [0.2, 0.25) is 5.95 Å². The molecule has 0 amide bonds. The predicted molar refractivity (Wildman–Crippen MR) is 59.1 cm³/mol. The number of halogens is 1. The van der Waals surface area contributed by atoms with Crippen LogP contribution >= 0.6 is 11.6 Å². The van der Waals surface area contributed by atoms with Gasteiger partial charge in [0.25, 0.3) is 0 Å². The fourth-order valence-corrected chi connectivity index (χ4v) is 1.54. The zero-order chi connectivity index (χ0) is 10.4. The molecule has 1 rings (SSSR count). The van der Waals surface area contributed by atoms with Crippen LogP contribution in [-0.2, 0) is 10.8 Å². The summed E-state index contributed by atoms with van der Waals surface area (Å²) in [5.41, 5.74) is 0. The van der Waals surface area contributed by atoms with Crippen molar-refractivity contribution in [3.8, 4) is 0 Å². The first-order chi connectivity index (χ1) is 6.72. The highest BCUT2D eigenvalue weighted by Crippen LogP contribution is 2.04. The molecule has 1 aromatic rings. The summed E-state index contributed by atoms with van der Waals surface area (Å²) in [4.78, 5) is 7.90. The van der Waals surface area contributed by atoms with Crippen LogP contribution in [0.4, 0.5) is 5.95 Å². The quantitative estimate of drug-likeness (QED) is 0.833. The average molecular weight is 234 g/mol. The van der Waals surface area contributed by atoms with E-state index in [1.807, 2.05) is 6.92 Å². The van der Waals surface area contributed by atoms with Crippen LogP contribution in [0.1, 0.15) is 6.92 Å². The number of hydrogen-bond acceptors (Lipinski definition) is 4. The van der Waals surface area contributed by atoms with Crippen LogP contribution < -0.4 is 5.32 Å². The Balaban J connectivity index is 2.31. The summed E-state index contributed by atoms with van der Waals surface area (Å²) in [6.45, 7) is 2.51. The van der Waals surface area contributed by atoms with Gasteiger partial charge in [-0.25, -0.2) is 9.97 Å². The molecule has 0 aliphatic carbocycles. The normalized spacial score (nSPS) is 12.4. The molecular formula is C8H12ClN3OS. The van der Waals surface area contributed by atoms with E-state index in [1.54, 1.807) is 0 Å². The lowest BCUT2D eigenvalue weighted by Crippen LogP contribution is -2.13. The van der Waals surface area contributed by atoms with Crippen LogP contribution in [0.25, 0.3) is 0 Å². The van der Waals surface area contributed by atoms with Gasteiger partial charge in [0.05, 0.1) is 17.4 Å². The second-order valence-electron chi connectivity index (χ2n) is 2.58. The maximum Gasteiger partial charge on any atom is 0.222 e. The Bertz CT molecular complexity index is 304. The fraction of sp³-hybridized carbons (Fsp3) is 0.500. The zero-order valence-electron chi connectivity index (χ0n) is 7.86. The van der Waals surface area contributed by atoms with Crippen LogP contribution in [-0.4, -0.2) is 32.2 Å². The van der Waals surface area contributed by atoms with Crippen molar-refractivity contribution in [1.82, 2.24) is 9.97 Å². The van der Waals surface area contributed by atoms with Crippen molar-refractivity contribution in [3.05, 3.63) is 17.4 Å². The van der Waals surface area contributed by atoms with Gasteiger partial charge in [0.15, 0.2) is 0 Å². The second kappa shape index (κ2) is 5.93. The van der Waals surface area contributed by atoms with Crippen molar-refractivity contribution >= 4 is 28.3 Å². The molecule has 0 aliphatic heterocycles. The highest BCUT2D eigenvalue weighted by atomic mass is 35.5. The molecule has 0 radical (unpaired) electrons. The van der Waals surface area contributed by atoms with Gasteiger partial charge in [0.1, 0.15) is 0 Å². The zero-order valence-corrected chi connectivity index (χ0v) is 9.44. The molecule has 1 aromatic heterocycles. The number of nitrogens with one attached hydrogen (secondary N) is 1. The Morgan fingerprint density at radius 3 is 2.71 bits per heavy atom. The maximum absolute atomic E-state index is 11.1. The summed E-state index contributed by atoms with van der Waals surface area (Å²) in [5, 5.41) is 3.47. The van der Waals surface area contributed by atoms with Gasteiger partial charge in [-0.1, -0.05) is 18.5 Å². The number of anilines is 1. The third-order valence-electron chi connectivity index (χ3n) is 1.56. The largest absolute Gasteiger partial charge is 0.353 e. The van der Waals surface area contributed by atoms with Crippen LogP contribution in [0.5, 0.6) is 0 Å². The van der Waals surface area contributed by atoms with E-state index >= 15 is 0 Å². The highest BCUT2D eigenvalue weighted by molar-refractivity contribution is 7.84. The molecule has 0 aliphatic rings. The molecule has 0 bridgehead atoms. The van der Waals surface area contributed by atoms with Crippen molar-refractivity contribution in [2.75, 3.05) is 23.4 Å². The third-order valence-corrected chi connectivity index (χ3v) is 3.05. The van der Waals surface area contributed by atoms with Gasteiger partial charge in [0, 0.05) is 28.9 Å². The first kappa shape index (κ1) is 11.4. The minimum atomic E-state index is -0.749. The number of nitrogens with zero attached hydrogens (tertiary/aromatic N) is 2. The SMILES string of the molecule is CCS(=O)CCNc1ncc(Cl)cn1. The molecule has 0 saturated carbocycles. The highest BCUT2D eigenvalue weighted by Gasteiger charge is 1.97. The van der Waals surface area contributed by atoms with Gasteiger partial charge < -0.3 is 5.32 Å². The number of rotatable bonds is 5. The topological polar surface area (TPSA) is 54.9 Å². The molecule has 1 atom stereocenters. The van der Waals surface area contributed by atoms with E-state index in [4.69, 9.17) is 11.6 Å². The van der Waals surface area contributed by atoms with Crippen molar-refractivity contribution in [1.29, 1.82) is 0 Å². The van der Waals surface area contributed by atoms with Gasteiger partial charge in [-0.15, -0.1) is 0 Å². The Kier molecular flexibility index (Phi) is 4.82. The summed E-state index contributed by atoms with van der Waals surface area (Å²) in [6, 6.07) is 0. The fourth-order valence-electron chi connectivity index (χ4n) is 0.825. The molecular weight excluding hydrogens is 222 g/mol. The smallest absolute Gasteiger partial charge is 0.222 e. The molecule has 0 aromatic carbocycles. The molecule has 14 heavy (non-hydrogen) atoms. The molecule has 0 fully saturated rings. The monoisotopic (exact) mass is 233 g/mol. The van der Waals surface area contributed by atoms with Crippen molar-refractivity contribution < 1.29 is 4.21 Å². The Labute approximate surface area is 90.6 Å². The predicted octanol–water partition coefficient (Wildman–Crippen LogP) is 1.31. The minimum Gasteiger partial charge on any atom is -0.353 e. The summed E-state index contributed by atoms with van der Waals surface area (Å²) in [7, 11) is -0.749. The Morgan fingerprint density at radius 2 is 2.14 bits per heavy atom. The molecule has 1 heterocycles. The molecule has 0 saturated heterocycles. The van der Waals surface area contributed by atoms with Gasteiger partial charge in [-0.05, 0) is 0 Å². The summed E-state index contributed by atoms with van der Waals surface area (Å²) >= 11 is 5.62. The molecule has 0 spiro atoms. The average Bonchev–Trinajstić information content (AvgIpc) is 2.21. The first-order valence-electron chi connectivity index (χ1n) is 4.28. The van der Waals surface area contributed by atoms with Crippen LogP contribution in [0.15, 0.2) is 12.4 Å². The van der Waals surface area contributed by atoms with Crippen molar-refractivity contribution in [2.45, 2.75) is 6.92 Å². The molecule has 78 valence electrons. The number of hydrogen-bond donors (Lipinski definition) is 1. The molecule has 6 heteroatoms. The second-order valence-corrected chi connectivity index (χ2v) is 4.89. The summed E-state index contributed by atoms with van der Waals surface area (Å²) in [6.07, 6.45) is 3.04. The van der Waals surface area contributed by atoms with Crippen molar-refractivity contribution in [3.63, 3.8) is 0 Å². The van der Waals surface area contributed by atoms with Crippen LogP contribution in [0.2, 0.25) is 5.02 Å². The maximum atomic E-state index is 11.1. The summed E-state index contributed by atoms with van der Waals surface area (Å²) < 4.78 is 11.1. The van der Waals surface area contributed by atoms with Gasteiger partial charge >= 0.3 is 0 Å². The van der Waals surface area contributed by atoms with Crippen LogP contribution in [0.3, 0.4) is 0 Å². The molecule has 4 nitrogen and oxygen atoms in total. The van der Waals surface area contributed by atoms with E-state index in [2.05, 4.69) is 15.3 Å². The van der Waals surface area contributed by atoms with E-state index in [0.29, 0.717) is 29.0 Å². The van der Waals surface area contributed by atoms with Crippen molar-refractivity contribution in [2.24, 2.45) is 0 Å². The summed E-state index contributed by atoms with van der Waals surface area (Å²) in [5.74, 6) is 1.81. The van der Waals surface area contributed by atoms with E-state index in [1.165, 1.54) is 12.4 Å². The Morgan fingerprint density at radius 1 is 1.50 bits per heavy atom. The lowest BCUT2D eigenvalue weighted by Gasteiger charge is -2.02. The standard InChI is InChI=1S/C8H12ClN3OS/c1-2-14(13)4-3-10-8-11-5-7(9)6-12-8/h5-6H,2-4H2,1H3,(H,10,11,12). The third kappa shape index (κ3) is 4.02. The number of aromatic nitrogens is 2. The molecule has 1 unspecified atom stereocenters. The van der Waals surface area contributed by atoms with E-state index in [-0.39, 0.29) is 0 Å². The van der Waals surface area contributed by atoms with Gasteiger partial charge in [-0.3, -0.25) is 4.21 Å². The Hall–Kier alpha value is -0.680. The van der Waals surface area contributed by atoms with E-state index in [9.17, 15) is 4.21 Å². The van der Waals surface area contributed by atoms with E-state index < -0.39 is 10.8 Å². The molecule has 1 N–H and O–H groups in total. The first-order valence-corrected chi connectivity index (χ1v) is 6.15. The van der Waals surface area contributed by atoms with Gasteiger partial charge in [-0.2, -0.15) is 0 Å².